The lowest BCUT2D eigenvalue weighted by atomic mass is 9.98. The van der Waals surface area contributed by atoms with Gasteiger partial charge in [0.15, 0.2) is 0 Å². The predicted octanol–water partition coefficient (Wildman–Crippen LogP) is 3.79. The highest BCUT2D eigenvalue weighted by Gasteiger charge is 2.24. The fourth-order valence-electron chi connectivity index (χ4n) is 5.00. The molecule has 0 saturated carbocycles. The Kier molecular flexibility index (Phi) is 5.96. The van der Waals surface area contributed by atoms with Crippen LogP contribution in [-0.4, -0.2) is 53.4 Å². The zero-order valence-corrected chi connectivity index (χ0v) is 19.9. The molecule has 34 heavy (non-hydrogen) atoms. The average molecular weight is 460 g/mol. The Morgan fingerprint density at radius 1 is 1.03 bits per heavy atom. The van der Waals surface area contributed by atoms with Gasteiger partial charge >= 0.3 is 5.63 Å². The van der Waals surface area contributed by atoms with E-state index in [1.54, 1.807) is 6.26 Å². The average Bonchev–Trinajstić information content (AvgIpc) is 3.23. The molecule has 0 spiro atoms. The molecule has 4 heterocycles. The zero-order valence-electron chi connectivity index (χ0n) is 19.9. The lowest BCUT2D eigenvalue weighted by Gasteiger charge is -2.34. The normalized spacial score (nSPS) is 14.9. The Labute approximate surface area is 198 Å². The molecule has 4 aromatic rings. The molecule has 1 aliphatic rings. The quantitative estimate of drug-likeness (QED) is 0.423. The number of carbonyl (C=O) groups is 1. The number of piperazine rings is 1. The Morgan fingerprint density at radius 2 is 1.76 bits per heavy atom. The molecule has 1 saturated heterocycles. The second-order valence-electron chi connectivity index (χ2n) is 9.19. The van der Waals surface area contributed by atoms with Gasteiger partial charge in [-0.3, -0.25) is 14.7 Å². The van der Waals surface area contributed by atoms with Gasteiger partial charge in [0, 0.05) is 50.5 Å². The van der Waals surface area contributed by atoms with E-state index in [2.05, 4.69) is 9.88 Å². The number of pyridine rings is 1. The van der Waals surface area contributed by atoms with Crippen molar-refractivity contribution in [2.45, 2.75) is 33.6 Å². The highest BCUT2D eigenvalue weighted by Crippen LogP contribution is 2.34. The predicted molar refractivity (Wildman–Crippen MR) is 131 cm³/mol. The molecule has 5 rings (SSSR count). The summed E-state index contributed by atoms with van der Waals surface area (Å²) in [4.78, 5) is 34.2. The van der Waals surface area contributed by atoms with Gasteiger partial charge < -0.3 is 13.7 Å². The maximum atomic E-state index is 13.1. The maximum Gasteiger partial charge on any atom is 0.340 e. The fourth-order valence-corrected chi connectivity index (χ4v) is 5.00. The van der Waals surface area contributed by atoms with Crippen LogP contribution in [0.2, 0.25) is 0 Å². The molecule has 3 aromatic heterocycles. The van der Waals surface area contributed by atoms with Crippen LogP contribution in [0.5, 0.6) is 0 Å². The van der Waals surface area contributed by atoms with Crippen LogP contribution in [-0.2, 0) is 17.6 Å². The number of hydrogen-bond donors (Lipinski definition) is 0. The Bertz CT molecular complexity index is 1410. The van der Waals surface area contributed by atoms with Crippen LogP contribution in [0.25, 0.3) is 21.9 Å². The Balaban J connectivity index is 1.31. The maximum absolute atomic E-state index is 13.1. The number of aryl methyl sites for hydroxylation is 3. The van der Waals surface area contributed by atoms with E-state index in [1.807, 2.05) is 56.3 Å². The van der Waals surface area contributed by atoms with Crippen molar-refractivity contribution in [2.75, 3.05) is 32.7 Å². The van der Waals surface area contributed by atoms with Gasteiger partial charge in [0.1, 0.15) is 11.2 Å². The third-order valence-electron chi connectivity index (χ3n) is 6.99. The second kappa shape index (κ2) is 9.06. The van der Waals surface area contributed by atoms with Crippen molar-refractivity contribution >= 4 is 27.8 Å². The first-order chi connectivity index (χ1) is 16.4. The summed E-state index contributed by atoms with van der Waals surface area (Å²) in [6.07, 6.45) is 6.36. The molecular weight excluding hydrogens is 430 g/mol. The van der Waals surface area contributed by atoms with E-state index in [9.17, 15) is 9.59 Å². The largest absolute Gasteiger partial charge is 0.463 e. The highest BCUT2D eigenvalue weighted by molar-refractivity contribution is 6.07. The first-order valence-electron chi connectivity index (χ1n) is 11.7. The third-order valence-corrected chi connectivity index (χ3v) is 6.99. The number of aromatic nitrogens is 1. The molecule has 0 radical (unpaired) electrons. The number of hydrogen-bond acceptors (Lipinski definition) is 6. The molecule has 1 amide bonds. The van der Waals surface area contributed by atoms with Gasteiger partial charge in [-0.25, -0.2) is 4.79 Å². The van der Waals surface area contributed by atoms with E-state index in [0.717, 1.165) is 53.5 Å². The smallest absolute Gasteiger partial charge is 0.340 e. The molecule has 0 atom stereocenters. The molecule has 0 bridgehead atoms. The van der Waals surface area contributed by atoms with Crippen LogP contribution in [0.3, 0.4) is 0 Å². The van der Waals surface area contributed by atoms with Crippen LogP contribution in [0.4, 0.5) is 0 Å². The van der Waals surface area contributed by atoms with Crippen molar-refractivity contribution in [3.05, 3.63) is 75.1 Å². The summed E-state index contributed by atoms with van der Waals surface area (Å²) in [6.45, 7) is 9.79. The van der Waals surface area contributed by atoms with Crippen LogP contribution >= 0.6 is 0 Å². The molecule has 0 N–H and O–H groups in total. The van der Waals surface area contributed by atoms with Crippen molar-refractivity contribution in [3.8, 4) is 0 Å². The van der Waals surface area contributed by atoms with E-state index in [4.69, 9.17) is 8.83 Å². The van der Waals surface area contributed by atoms with Gasteiger partial charge in [-0.15, -0.1) is 0 Å². The van der Waals surface area contributed by atoms with Crippen LogP contribution in [0, 0.1) is 20.8 Å². The minimum absolute atomic E-state index is 0.0379. The van der Waals surface area contributed by atoms with Crippen molar-refractivity contribution in [3.63, 3.8) is 0 Å². The molecule has 0 aliphatic carbocycles. The van der Waals surface area contributed by atoms with Gasteiger partial charge in [0.2, 0.25) is 5.91 Å². The molecular formula is C27H29N3O4. The number of furan rings is 1. The molecule has 0 unspecified atom stereocenters. The number of fused-ring (bicyclic) bond motifs is 3. The summed E-state index contributed by atoms with van der Waals surface area (Å²) in [7, 11) is 0. The lowest BCUT2D eigenvalue weighted by molar-refractivity contribution is -0.132. The fraction of sp³-hybridized carbons (Fsp3) is 0.370. The summed E-state index contributed by atoms with van der Waals surface area (Å²) >= 11 is 0. The van der Waals surface area contributed by atoms with Gasteiger partial charge in [-0.1, -0.05) is 0 Å². The number of amides is 1. The zero-order chi connectivity index (χ0) is 23.8. The number of nitrogens with zero attached hydrogens (tertiary/aromatic N) is 3. The first-order valence-corrected chi connectivity index (χ1v) is 11.7. The molecule has 7 nitrogen and oxygen atoms in total. The minimum Gasteiger partial charge on any atom is -0.463 e. The standard InChI is InChI=1S/C27H29N3O4/c1-17-14-22-25(26-24(17)18(2)16-33-26)19(3)21(27(32)34-22)15-23(31)30-12-10-29(11-13-30)9-6-20-4-7-28-8-5-20/h4-5,7-8,14,16H,6,9-13,15H2,1-3H3. The first kappa shape index (κ1) is 22.3. The van der Waals surface area contributed by atoms with Crippen molar-refractivity contribution < 1.29 is 13.6 Å². The molecule has 176 valence electrons. The summed E-state index contributed by atoms with van der Waals surface area (Å²) in [6, 6.07) is 5.96. The monoisotopic (exact) mass is 459 g/mol. The van der Waals surface area contributed by atoms with Gasteiger partial charge in [0.25, 0.3) is 0 Å². The van der Waals surface area contributed by atoms with Gasteiger partial charge in [0.05, 0.1) is 23.6 Å². The minimum atomic E-state index is -0.448. The lowest BCUT2D eigenvalue weighted by Crippen LogP contribution is -2.49. The number of benzene rings is 1. The van der Waals surface area contributed by atoms with Crippen molar-refractivity contribution in [2.24, 2.45) is 0 Å². The van der Waals surface area contributed by atoms with Gasteiger partial charge in [-0.2, -0.15) is 0 Å². The Morgan fingerprint density at radius 3 is 2.50 bits per heavy atom. The topological polar surface area (TPSA) is 79.8 Å². The SMILES string of the molecule is Cc1coc2c1c(C)cc1oc(=O)c(CC(=O)N3CCN(CCc4ccncc4)CC3)c(C)c12. The highest BCUT2D eigenvalue weighted by atomic mass is 16.4. The molecule has 1 fully saturated rings. The Hall–Kier alpha value is -3.45. The second-order valence-corrected chi connectivity index (χ2v) is 9.19. The van der Waals surface area contributed by atoms with E-state index >= 15 is 0 Å². The molecule has 1 aromatic carbocycles. The van der Waals surface area contributed by atoms with Crippen molar-refractivity contribution in [1.29, 1.82) is 0 Å². The van der Waals surface area contributed by atoms with E-state index in [1.165, 1.54) is 5.56 Å². The van der Waals surface area contributed by atoms with Crippen molar-refractivity contribution in [1.82, 2.24) is 14.8 Å². The summed E-state index contributed by atoms with van der Waals surface area (Å²) in [5.41, 5.74) is 5.25. The van der Waals surface area contributed by atoms with Crippen LogP contribution in [0.15, 0.2) is 50.5 Å². The third kappa shape index (κ3) is 4.12. The van der Waals surface area contributed by atoms with Crippen LogP contribution in [0.1, 0.15) is 27.8 Å². The van der Waals surface area contributed by atoms with E-state index in [-0.39, 0.29) is 12.3 Å². The molecule has 7 heteroatoms. The van der Waals surface area contributed by atoms with E-state index < -0.39 is 5.63 Å². The molecule has 1 aliphatic heterocycles. The van der Waals surface area contributed by atoms with Crippen LogP contribution < -0.4 is 5.63 Å². The van der Waals surface area contributed by atoms with Gasteiger partial charge in [-0.05, 0) is 67.6 Å². The summed E-state index contributed by atoms with van der Waals surface area (Å²) in [5.74, 6) is -0.0393. The summed E-state index contributed by atoms with van der Waals surface area (Å²) < 4.78 is 11.5. The number of rotatable bonds is 5. The van der Waals surface area contributed by atoms with E-state index in [0.29, 0.717) is 29.8 Å². The summed E-state index contributed by atoms with van der Waals surface area (Å²) in [5, 5.41) is 1.81. The number of carbonyl (C=O) groups excluding carboxylic acids is 1.